The molecule has 2 fully saturated rings. The molecule has 1 saturated carbocycles. The zero-order valence-corrected chi connectivity index (χ0v) is 30.5. The highest BCUT2D eigenvalue weighted by atomic mass is 16.6. The summed E-state index contributed by atoms with van der Waals surface area (Å²) in [5, 5.41) is 21.4. The molecule has 0 radical (unpaired) electrons. The minimum atomic E-state index is -1.01. The van der Waals surface area contributed by atoms with Crippen LogP contribution in [0, 0.1) is 11.8 Å². The van der Waals surface area contributed by atoms with Gasteiger partial charge in [-0.25, -0.2) is 0 Å². The topological polar surface area (TPSA) is 106 Å². The smallest absolute Gasteiger partial charge is 0.306 e. The van der Waals surface area contributed by atoms with Gasteiger partial charge in [0.15, 0.2) is 0 Å². The minimum absolute atomic E-state index is 0.0911. The van der Waals surface area contributed by atoms with E-state index in [0.29, 0.717) is 25.7 Å². The Hall–Kier alpha value is -1.96. The first kappa shape index (κ1) is 41.2. The number of unbranched alkanes of at least 4 members (excludes halogenated alkanes) is 14. The maximum atomic E-state index is 12.8. The van der Waals surface area contributed by atoms with Crippen molar-refractivity contribution in [3.05, 3.63) is 36.0 Å². The summed E-state index contributed by atoms with van der Waals surface area (Å²) in [6.45, 7) is 13.4. The van der Waals surface area contributed by atoms with Gasteiger partial charge in [-0.2, -0.15) is 0 Å². The van der Waals surface area contributed by atoms with E-state index in [-0.39, 0.29) is 49.2 Å². The van der Waals surface area contributed by atoms with Crippen LogP contribution in [0.3, 0.4) is 0 Å². The second-order valence-electron chi connectivity index (χ2n) is 15.0. The second-order valence-corrected chi connectivity index (χ2v) is 15.0. The van der Waals surface area contributed by atoms with Crippen molar-refractivity contribution in [1.82, 2.24) is 0 Å². The van der Waals surface area contributed by atoms with Gasteiger partial charge >= 0.3 is 11.9 Å². The van der Waals surface area contributed by atoms with Crippen molar-refractivity contribution in [3.63, 3.8) is 0 Å². The van der Waals surface area contributed by atoms with Crippen LogP contribution in [0.1, 0.15) is 157 Å². The quantitative estimate of drug-likeness (QED) is 0.0370. The Morgan fingerprint density at radius 2 is 1.51 bits per heavy atom. The van der Waals surface area contributed by atoms with Gasteiger partial charge in [-0.15, -0.1) is 0 Å². The van der Waals surface area contributed by atoms with Crippen molar-refractivity contribution in [2.24, 2.45) is 11.8 Å². The molecule has 0 aromatic rings. The largest absolute Gasteiger partial charge is 0.465 e. The lowest BCUT2D eigenvalue weighted by Crippen LogP contribution is -2.34. The summed E-state index contributed by atoms with van der Waals surface area (Å²) in [6.07, 6.45) is 26.1. The zero-order valence-electron chi connectivity index (χ0n) is 30.5. The average Bonchev–Trinajstić information content (AvgIpc) is 3.77. The highest BCUT2D eigenvalue weighted by Crippen LogP contribution is 2.45. The fourth-order valence-corrected chi connectivity index (χ4v) is 6.78. The molecular formula is C40H68O7. The lowest BCUT2D eigenvalue weighted by atomic mass is 9.77. The fourth-order valence-electron chi connectivity index (χ4n) is 6.78. The molecule has 1 aliphatic carbocycles. The molecule has 2 aliphatic rings. The molecule has 5 atom stereocenters. The predicted molar refractivity (Wildman–Crippen MR) is 190 cm³/mol. The van der Waals surface area contributed by atoms with Crippen molar-refractivity contribution in [3.8, 4) is 0 Å². The maximum absolute atomic E-state index is 12.8. The number of ether oxygens (including phenoxy) is 3. The summed E-state index contributed by atoms with van der Waals surface area (Å²) < 4.78 is 17.1. The average molecular weight is 661 g/mol. The molecule has 1 heterocycles. The number of esters is 2. The van der Waals surface area contributed by atoms with Crippen LogP contribution in [0.4, 0.5) is 0 Å². The molecule has 1 aliphatic heterocycles. The van der Waals surface area contributed by atoms with E-state index >= 15 is 0 Å². The molecule has 2 N–H and O–H groups in total. The van der Waals surface area contributed by atoms with Crippen LogP contribution in [-0.2, 0) is 23.8 Å². The van der Waals surface area contributed by atoms with E-state index in [4.69, 9.17) is 14.2 Å². The van der Waals surface area contributed by atoms with E-state index in [9.17, 15) is 19.8 Å². The number of epoxide rings is 1. The van der Waals surface area contributed by atoms with Gasteiger partial charge in [0.25, 0.3) is 0 Å². The fraction of sp³-hybridized carbons (Fsp3) is 0.800. The molecule has 270 valence electrons. The van der Waals surface area contributed by atoms with Crippen LogP contribution < -0.4 is 0 Å². The Labute approximate surface area is 286 Å². The van der Waals surface area contributed by atoms with E-state index in [1.807, 2.05) is 6.08 Å². The van der Waals surface area contributed by atoms with E-state index in [0.717, 1.165) is 30.4 Å². The van der Waals surface area contributed by atoms with Gasteiger partial charge in [0.1, 0.15) is 12.7 Å². The number of carbonyl (C=O) groups excluding carboxylic acids is 2. The first-order chi connectivity index (χ1) is 22.3. The number of carbonyl (C=O) groups is 2. The summed E-state index contributed by atoms with van der Waals surface area (Å²) in [5.74, 6) is -1.01. The van der Waals surface area contributed by atoms with Crippen molar-refractivity contribution in [2.75, 3.05) is 13.2 Å². The number of allylic oxidation sites excluding steroid dienone is 2. The van der Waals surface area contributed by atoms with Crippen LogP contribution in [0.25, 0.3) is 0 Å². The highest BCUT2D eigenvalue weighted by molar-refractivity contribution is 5.69. The zero-order chi connectivity index (χ0) is 34.7. The van der Waals surface area contributed by atoms with Crippen molar-refractivity contribution in [1.29, 1.82) is 0 Å². The van der Waals surface area contributed by atoms with Crippen LogP contribution in [-0.4, -0.2) is 58.8 Å². The van der Waals surface area contributed by atoms with Crippen LogP contribution in [0.2, 0.25) is 0 Å². The highest BCUT2D eigenvalue weighted by Gasteiger charge is 2.53. The van der Waals surface area contributed by atoms with Gasteiger partial charge in [0, 0.05) is 19.3 Å². The summed E-state index contributed by atoms with van der Waals surface area (Å²) in [5.41, 5.74) is -0.269. The van der Waals surface area contributed by atoms with E-state index < -0.39 is 11.2 Å². The molecule has 0 aromatic carbocycles. The second kappa shape index (κ2) is 21.9. The number of aliphatic hydroxyl groups is 2. The summed E-state index contributed by atoms with van der Waals surface area (Å²) >= 11 is 0. The lowest BCUT2D eigenvalue weighted by molar-refractivity contribution is -0.143. The maximum Gasteiger partial charge on any atom is 0.306 e. The monoisotopic (exact) mass is 660 g/mol. The van der Waals surface area contributed by atoms with Crippen molar-refractivity contribution < 1.29 is 34.0 Å². The van der Waals surface area contributed by atoms with E-state index in [2.05, 4.69) is 13.5 Å². The molecule has 2 rings (SSSR count). The predicted octanol–water partition coefficient (Wildman–Crippen LogP) is 9.10. The van der Waals surface area contributed by atoms with Gasteiger partial charge in [0.05, 0.1) is 23.9 Å². The van der Waals surface area contributed by atoms with Gasteiger partial charge in [0.2, 0.25) is 0 Å². The molecular weight excluding hydrogens is 592 g/mol. The minimum Gasteiger partial charge on any atom is -0.465 e. The summed E-state index contributed by atoms with van der Waals surface area (Å²) in [4.78, 5) is 24.6. The van der Waals surface area contributed by atoms with Crippen LogP contribution in [0.15, 0.2) is 36.0 Å². The third-order valence-corrected chi connectivity index (χ3v) is 9.77. The third kappa shape index (κ3) is 17.8. The van der Waals surface area contributed by atoms with Gasteiger partial charge < -0.3 is 24.4 Å². The van der Waals surface area contributed by atoms with Crippen molar-refractivity contribution in [2.45, 2.75) is 180 Å². The molecule has 0 aromatic heterocycles. The molecule has 5 unspecified atom stereocenters. The lowest BCUT2D eigenvalue weighted by Gasteiger charge is -2.32. The van der Waals surface area contributed by atoms with Gasteiger partial charge in [-0.3, -0.25) is 9.59 Å². The van der Waals surface area contributed by atoms with Gasteiger partial charge in [-0.05, 0) is 57.9 Å². The third-order valence-electron chi connectivity index (χ3n) is 9.77. The first-order valence-corrected chi connectivity index (χ1v) is 18.8. The molecule has 7 heteroatoms. The van der Waals surface area contributed by atoms with Gasteiger partial charge in [-0.1, -0.05) is 127 Å². The Kier molecular flexibility index (Phi) is 19.2. The molecule has 7 nitrogen and oxygen atoms in total. The Bertz CT molecular complexity index is 989. The molecule has 1 saturated heterocycles. The van der Waals surface area contributed by atoms with Crippen LogP contribution in [0.5, 0.6) is 0 Å². The number of hydrogen-bond acceptors (Lipinski definition) is 7. The first-order valence-electron chi connectivity index (χ1n) is 18.8. The Morgan fingerprint density at radius 1 is 0.957 bits per heavy atom. The summed E-state index contributed by atoms with van der Waals surface area (Å²) in [6, 6.07) is 0. The molecule has 0 spiro atoms. The van der Waals surface area contributed by atoms with Crippen molar-refractivity contribution >= 4 is 11.9 Å². The van der Waals surface area contributed by atoms with E-state index in [1.165, 1.54) is 84.0 Å². The number of hydrogen-bond donors (Lipinski definition) is 2. The Balaban J connectivity index is 1.86. The SMILES string of the molecule is C=C1CC2OC2C(C)(O)CCC(C(=CC=CC(C)(C)O)COC(=O)CCCCCCCCCCCCCCCCC)C1COC(C)=O. The molecule has 0 bridgehead atoms. The summed E-state index contributed by atoms with van der Waals surface area (Å²) in [7, 11) is 0. The van der Waals surface area contributed by atoms with E-state index in [1.54, 1.807) is 32.9 Å². The Morgan fingerprint density at radius 3 is 2.04 bits per heavy atom. The standard InChI is InChI=1S/C40H68O7/c1-7-8-9-10-11-12-13-14-15-16-17-18-19-20-21-24-37(42)46-29-33(23-22-26-39(4,5)43)34-25-27-40(6,44)38-36(47-38)28-31(2)35(34)30-45-32(3)41/h22-23,26,34-36,38,43-44H,2,7-21,24-25,27-30H2,1,3-6H3. The van der Waals surface area contributed by atoms with Crippen LogP contribution >= 0.6 is 0 Å². The molecule has 47 heavy (non-hydrogen) atoms. The molecule has 0 amide bonds. The normalized spacial score (nSPS) is 25.2. The number of rotatable bonds is 23. The number of fused-ring (bicyclic) bond motifs is 1.